The number of ether oxygens (including phenoxy) is 1. The number of rotatable bonds is 6. The maximum Gasteiger partial charge on any atom is 0.150 e. The summed E-state index contributed by atoms with van der Waals surface area (Å²) in [4.78, 5) is 11.9. The van der Waals surface area contributed by atoms with Crippen LogP contribution in [0.15, 0.2) is 12.1 Å². The average Bonchev–Trinajstić information content (AvgIpc) is 2.28. The number of nitrogens with zero attached hydrogens (tertiary/aromatic N) is 1. The van der Waals surface area contributed by atoms with Gasteiger partial charge in [0.2, 0.25) is 0 Å². The molecule has 0 aliphatic carbocycles. The van der Waals surface area contributed by atoms with Crippen LogP contribution in [0.2, 0.25) is 0 Å². The van der Waals surface area contributed by atoms with E-state index in [9.17, 15) is 13.6 Å². The molecule has 17 heavy (non-hydrogen) atoms. The summed E-state index contributed by atoms with van der Waals surface area (Å²) in [6.45, 7) is 1.00. The van der Waals surface area contributed by atoms with Gasteiger partial charge < -0.3 is 9.64 Å². The topological polar surface area (TPSA) is 29.5 Å². The van der Waals surface area contributed by atoms with Crippen LogP contribution in [-0.4, -0.2) is 33.6 Å². The summed E-state index contributed by atoms with van der Waals surface area (Å²) in [7, 11) is 3.16. The van der Waals surface area contributed by atoms with Crippen LogP contribution in [0.4, 0.5) is 14.5 Å². The first-order valence-corrected chi connectivity index (χ1v) is 5.24. The van der Waals surface area contributed by atoms with Crippen molar-refractivity contribution in [1.29, 1.82) is 0 Å². The van der Waals surface area contributed by atoms with Gasteiger partial charge in [-0.25, -0.2) is 8.78 Å². The minimum absolute atomic E-state index is 0.00552. The zero-order valence-electron chi connectivity index (χ0n) is 9.87. The van der Waals surface area contributed by atoms with E-state index in [1.165, 1.54) is 4.90 Å². The van der Waals surface area contributed by atoms with Crippen LogP contribution in [0.5, 0.6) is 0 Å². The predicted octanol–water partition coefficient (Wildman–Crippen LogP) is 2.25. The van der Waals surface area contributed by atoms with E-state index in [2.05, 4.69) is 0 Å². The molecule has 3 nitrogen and oxygen atoms in total. The number of methoxy groups -OCH3 is 1. The molecule has 1 rings (SSSR count). The lowest BCUT2D eigenvalue weighted by Crippen LogP contribution is -2.22. The zero-order chi connectivity index (χ0) is 12.8. The Hall–Kier alpha value is -1.49. The minimum Gasteiger partial charge on any atom is -0.385 e. The molecule has 0 aromatic heterocycles. The molecule has 0 amide bonds. The summed E-state index contributed by atoms with van der Waals surface area (Å²) in [5.74, 6) is -1.46. The van der Waals surface area contributed by atoms with E-state index in [4.69, 9.17) is 4.74 Å². The number of hydrogen-bond donors (Lipinski definition) is 0. The number of carbonyl (C=O) groups is 1. The maximum absolute atomic E-state index is 13.6. The molecule has 5 heteroatoms. The molecular weight excluding hydrogens is 228 g/mol. The van der Waals surface area contributed by atoms with Gasteiger partial charge in [0.25, 0.3) is 0 Å². The van der Waals surface area contributed by atoms with Crippen molar-refractivity contribution < 1.29 is 18.3 Å². The van der Waals surface area contributed by atoms with Crippen LogP contribution in [0.3, 0.4) is 0 Å². The van der Waals surface area contributed by atoms with Crippen molar-refractivity contribution in [2.24, 2.45) is 0 Å². The maximum atomic E-state index is 13.6. The van der Waals surface area contributed by atoms with Crippen LogP contribution in [0.25, 0.3) is 0 Å². The van der Waals surface area contributed by atoms with Crippen molar-refractivity contribution in [3.8, 4) is 0 Å². The Labute approximate surface area is 99.0 Å². The lowest BCUT2D eigenvalue weighted by atomic mass is 10.2. The minimum atomic E-state index is -0.730. The monoisotopic (exact) mass is 243 g/mol. The number of aldehydes is 1. The summed E-state index contributed by atoms with van der Waals surface area (Å²) >= 11 is 0. The fourth-order valence-electron chi connectivity index (χ4n) is 1.58. The van der Waals surface area contributed by atoms with Gasteiger partial charge in [-0.05, 0) is 18.6 Å². The quantitative estimate of drug-likeness (QED) is 0.567. The molecular formula is C12H15F2NO2. The first-order chi connectivity index (χ1) is 8.10. The fraction of sp³-hybridized carbons (Fsp3) is 0.417. The SMILES string of the molecule is COCCCN(C)c1c(F)cc(C=O)cc1F. The van der Waals surface area contributed by atoms with Crippen molar-refractivity contribution in [1.82, 2.24) is 0 Å². The first kappa shape index (κ1) is 13.6. The summed E-state index contributed by atoms with van der Waals surface area (Å²) in [5.41, 5.74) is -0.124. The Kier molecular flexibility index (Phi) is 5.03. The third kappa shape index (κ3) is 3.49. The number of hydrogen-bond acceptors (Lipinski definition) is 3. The molecule has 0 spiro atoms. The molecule has 0 fully saturated rings. The summed E-state index contributed by atoms with van der Waals surface area (Å²) in [5, 5.41) is 0. The van der Waals surface area contributed by atoms with Crippen LogP contribution >= 0.6 is 0 Å². The van der Waals surface area contributed by atoms with Gasteiger partial charge in [0.05, 0.1) is 0 Å². The number of benzene rings is 1. The van der Waals surface area contributed by atoms with E-state index in [0.717, 1.165) is 12.1 Å². The van der Waals surface area contributed by atoms with Crippen molar-refractivity contribution in [2.75, 3.05) is 32.2 Å². The highest BCUT2D eigenvalue weighted by molar-refractivity contribution is 5.76. The second kappa shape index (κ2) is 6.30. The van der Waals surface area contributed by atoms with Gasteiger partial charge in [0.1, 0.15) is 23.6 Å². The van der Waals surface area contributed by atoms with E-state index in [1.807, 2.05) is 0 Å². The normalized spacial score (nSPS) is 10.4. The molecule has 0 heterocycles. The van der Waals surface area contributed by atoms with Crippen LogP contribution in [0.1, 0.15) is 16.8 Å². The number of anilines is 1. The third-order valence-corrected chi connectivity index (χ3v) is 2.40. The molecule has 0 N–H and O–H groups in total. The highest BCUT2D eigenvalue weighted by Crippen LogP contribution is 2.23. The van der Waals surface area contributed by atoms with E-state index in [0.29, 0.717) is 25.9 Å². The molecule has 1 aromatic carbocycles. The van der Waals surface area contributed by atoms with Crippen molar-refractivity contribution >= 4 is 12.0 Å². The smallest absolute Gasteiger partial charge is 0.150 e. The summed E-state index contributed by atoms with van der Waals surface area (Å²) in [6.07, 6.45) is 1.09. The van der Waals surface area contributed by atoms with Crippen molar-refractivity contribution in [3.63, 3.8) is 0 Å². The van der Waals surface area contributed by atoms with Gasteiger partial charge >= 0.3 is 0 Å². The Morgan fingerprint density at radius 3 is 2.41 bits per heavy atom. The molecule has 0 saturated carbocycles. The predicted molar refractivity (Wildman–Crippen MR) is 61.5 cm³/mol. The lowest BCUT2D eigenvalue weighted by molar-refractivity contribution is 0.112. The van der Waals surface area contributed by atoms with Gasteiger partial charge in [-0.1, -0.05) is 0 Å². The molecule has 0 atom stereocenters. The molecule has 1 aromatic rings. The standard InChI is InChI=1S/C12H15F2NO2/c1-15(4-3-5-17-2)12-10(13)6-9(8-16)7-11(12)14/h6-8H,3-5H2,1-2H3. The molecule has 0 aliphatic rings. The Morgan fingerprint density at radius 2 is 1.94 bits per heavy atom. The highest BCUT2D eigenvalue weighted by atomic mass is 19.1. The van der Waals surface area contributed by atoms with E-state index < -0.39 is 11.6 Å². The molecule has 0 radical (unpaired) electrons. The second-order valence-electron chi connectivity index (χ2n) is 3.72. The van der Waals surface area contributed by atoms with Crippen LogP contribution in [0, 0.1) is 11.6 Å². The lowest BCUT2D eigenvalue weighted by Gasteiger charge is -2.20. The summed E-state index contributed by atoms with van der Waals surface area (Å²) < 4.78 is 32.0. The molecule has 0 saturated heterocycles. The molecule has 0 unspecified atom stereocenters. The third-order valence-electron chi connectivity index (χ3n) is 2.40. The Morgan fingerprint density at radius 1 is 1.35 bits per heavy atom. The molecule has 0 bridgehead atoms. The van der Waals surface area contributed by atoms with Crippen molar-refractivity contribution in [3.05, 3.63) is 29.3 Å². The summed E-state index contributed by atoms with van der Waals surface area (Å²) in [6, 6.07) is 2.05. The fourth-order valence-corrected chi connectivity index (χ4v) is 1.58. The molecule has 0 aliphatic heterocycles. The number of halogens is 2. The van der Waals surface area contributed by atoms with Crippen LogP contribution < -0.4 is 4.90 Å². The molecule has 94 valence electrons. The van der Waals surface area contributed by atoms with Gasteiger partial charge in [-0.15, -0.1) is 0 Å². The average molecular weight is 243 g/mol. The van der Waals surface area contributed by atoms with Crippen molar-refractivity contribution in [2.45, 2.75) is 6.42 Å². The van der Waals surface area contributed by atoms with E-state index >= 15 is 0 Å². The zero-order valence-corrected chi connectivity index (χ0v) is 9.87. The van der Waals surface area contributed by atoms with Gasteiger partial charge in [-0.2, -0.15) is 0 Å². The number of carbonyl (C=O) groups excluding carboxylic acids is 1. The highest BCUT2D eigenvalue weighted by Gasteiger charge is 2.14. The first-order valence-electron chi connectivity index (χ1n) is 5.24. The van der Waals surface area contributed by atoms with E-state index in [-0.39, 0.29) is 11.3 Å². The second-order valence-corrected chi connectivity index (χ2v) is 3.72. The van der Waals surface area contributed by atoms with E-state index in [1.54, 1.807) is 14.2 Å². The van der Waals surface area contributed by atoms with Gasteiger partial charge in [0.15, 0.2) is 0 Å². The van der Waals surface area contributed by atoms with Gasteiger partial charge in [0, 0.05) is 32.9 Å². The Bertz CT molecular complexity index is 373. The van der Waals surface area contributed by atoms with Crippen LogP contribution in [-0.2, 0) is 4.74 Å². The largest absolute Gasteiger partial charge is 0.385 e. The Balaban J connectivity index is 2.85. The van der Waals surface area contributed by atoms with Gasteiger partial charge in [-0.3, -0.25) is 4.79 Å².